The highest BCUT2D eigenvalue weighted by molar-refractivity contribution is 5.69. The molecule has 0 unspecified atom stereocenters. The highest BCUT2D eigenvalue weighted by Crippen LogP contribution is 2.07. The van der Waals surface area contributed by atoms with Gasteiger partial charge in [0.05, 0.1) is 13.0 Å². The minimum absolute atomic E-state index is 0.0656. The smallest absolute Gasteiger partial charge is 0.305 e. The van der Waals surface area contributed by atoms with E-state index in [1.165, 1.54) is 32.1 Å². The molecule has 22 heavy (non-hydrogen) atoms. The monoisotopic (exact) mass is 305 g/mol. The van der Waals surface area contributed by atoms with Crippen molar-refractivity contribution >= 4 is 5.97 Å². The lowest BCUT2D eigenvalue weighted by atomic mass is 10.1. The highest BCUT2D eigenvalue weighted by Gasteiger charge is 2.00. The quantitative estimate of drug-likeness (QED) is 0.225. The van der Waals surface area contributed by atoms with Gasteiger partial charge in [-0.3, -0.25) is 4.79 Å². The van der Waals surface area contributed by atoms with Gasteiger partial charge in [-0.25, -0.2) is 0 Å². The first kappa shape index (κ1) is 20.6. The van der Waals surface area contributed by atoms with Gasteiger partial charge in [0, 0.05) is 19.3 Å². The molecule has 0 amide bonds. The number of ether oxygens (including phenoxy) is 1. The molecule has 0 fully saturated rings. The summed E-state index contributed by atoms with van der Waals surface area (Å²) >= 11 is 0. The fourth-order valence-electron chi connectivity index (χ4n) is 2.06. The SMILES string of the molecule is CCCCCC#C[13CH2]C#CCCCCCCCC(=O)OCC. The molecule has 0 aliphatic heterocycles. The van der Waals surface area contributed by atoms with Crippen LogP contribution in [0.25, 0.3) is 0 Å². The van der Waals surface area contributed by atoms with Crippen LogP contribution in [0.3, 0.4) is 0 Å². The van der Waals surface area contributed by atoms with E-state index in [0.29, 0.717) is 19.4 Å². The molecule has 0 spiro atoms. The highest BCUT2D eigenvalue weighted by atomic mass is 16.5. The molecular formula is C20H32O2. The van der Waals surface area contributed by atoms with Crippen LogP contribution in [0.4, 0.5) is 0 Å². The van der Waals surface area contributed by atoms with Crippen LogP contribution in [0.15, 0.2) is 0 Å². The van der Waals surface area contributed by atoms with Gasteiger partial charge in [0.2, 0.25) is 0 Å². The molecule has 0 aromatic rings. The molecule has 0 aromatic carbocycles. The first-order valence-corrected chi connectivity index (χ1v) is 8.88. The minimum Gasteiger partial charge on any atom is -0.466 e. The van der Waals surface area contributed by atoms with E-state index < -0.39 is 0 Å². The molecule has 0 atom stereocenters. The molecule has 0 N–H and O–H groups in total. The fraction of sp³-hybridized carbons (Fsp3) is 0.750. The normalized spacial score (nSPS) is 9.36. The number of hydrogen-bond acceptors (Lipinski definition) is 2. The number of carbonyl (C=O) groups excluding carboxylic acids is 1. The van der Waals surface area contributed by atoms with Gasteiger partial charge in [0.15, 0.2) is 0 Å². The first-order valence-electron chi connectivity index (χ1n) is 8.88. The zero-order chi connectivity index (χ0) is 16.3. The number of rotatable bonds is 11. The van der Waals surface area contributed by atoms with Crippen molar-refractivity contribution in [2.75, 3.05) is 6.61 Å². The second-order valence-electron chi connectivity index (χ2n) is 5.41. The molecule has 0 aliphatic rings. The van der Waals surface area contributed by atoms with E-state index in [4.69, 9.17) is 4.74 Å². The second kappa shape index (κ2) is 17.6. The van der Waals surface area contributed by atoms with Crippen molar-refractivity contribution in [3.8, 4) is 23.7 Å². The third-order valence-electron chi connectivity index (χ3n) is 3.32. The largest absolute Gasteiger partial charge is 0.466 e. The predicted molar refractivity (Wildman–Crippen MR) is 93.3 cm³/mol. The maximum atomic E-state index is 11.1. The summed E-state index contributed by atoms with van der Waals surface area (Å²) in [5, 5.41) is 0. The Hall–Kier alpha value is -1.41. The fourth-order valence-corrected chi connectivity index (χ4v) is 2.06. The molecule has 0 rings (SSSR count). The van der Waals surface area contributed by atoms with Gasteiger partial charge < -0.3 is 4.74 Å². The average Bonchev–Trinajstić information content (AvgIpc) is 2.51. The lowest BCUT2D eigenvalue weighted by Gasteiger charge is -2.01. The van der Waals surface area contributed by atoms with Gasteiger partial charge in [0.25, 0.3) is 0 Å². The summed E-state index contributed by atoms with van der Waals surface area (Å²) in [4.78, 5) is 11.1. The van der Waals surface area contributed by atoms with Crippen molar-refractivity contribution in [3.05, 3.63) is 0 Å². The van der Waals surface area contributed by atoms with Gasteiger partial charge in [-0.05, 0) is 26.2 Å². The van der Waals surface area contributed by atoms with Crippen LogP contribution in [0.5, 0.6) is 0 Å². The van der Waals surface area contributed by atoms with Crippen LogP contribution in [0.2, 0.25) is 0 Å². The molecule has 0 radical (unpaired) electrons. The van der Waals surface area contributed by atoms with Gasteiger partial charge >= 0.3 is 5.97 Å². The Balaban J connectivity index is 3.29. The maximum absolute atomic E-state index is 11.1. The van der Waals surface area contributed by atoms with E-state index in [1.54, 1.807) is 0 Å². The first-order chi connectivity index (χ1) is 10.8. The summed E-state index contributed by atoms with van der Waals surface area (Å²) in [5.74, 6) is 12.5. The Bertz CT molecular complexity index is 376. The Morgan fingerprint density at radius 1 is 0.773 bits per heavy atom. The van der Waals surface area contributed by atoms with Crippen LogP contribution >= 0.6 is 0 Å². The van der Waals surface area contributed by atoms with Crippen LogP contribution < -0.4 is 0 Å². The third kappa shape index (κ3) is 16.6. The van der Waals surface area contributed by atoms with E-state index >= 15 is 0 Å². The lowest BCUT2D eigenvalue weighted by Crippen LogP contribution is -2.03. The van der Waals surface area contributed by atoms with Crippen molar-refractivity contribution in [3.63, 3.8) is 0 Å². The van der Waals surface area contributed by atoms with Crippen molar-refractivity contribution in [2.45, 2.75) is 90.9 Å². The molecule has 124 valence electrons. The van der Waals surface area contributed by atoms with Crippen molar-refractivity contribution in [1.82, 2.24) is 0 Å². The molecule has 0 saturated carbocycles. The van der Waals surface area contributed by atoms with Crippen molar-refractivity contribution in [2.24, 2.45) is 0 Å². The molecule has 2 heteroatoms. The predicted octanol–water partition coefficient (Wildman–Crippen LogP) is 5.26. The average molecular weight is 305 g/mol. The molecule has 0 saturated heterocycles. The number of esters is 1. The zero-order valence-corrected chi connectivity index (χ0v) is 14.5. The van der Waals surface area contributed by atoms with Crippen molar-refractivity contribution < 1.29 is 9.53 Å². The summed E-state index contributed by atoms with van der Waals surface area (Å²) in [7, 11) is 0. The molecule has 0 aromatic heterocycles. The second-order valence-corrected chi connectivity index (χ2v) is 5.41. The molecular weight excluding hydrogens is 273 g/mol. The number of carbonyl (C=O) groups is 1. The summed E-state index contributed by atoms with van der Waals surface area (Å²) < 4.78 is 4.89. The van der Waals surface area contributed by atoms with E-state index in [1.807, 2.05) is 6.92 Å². The molecule has 0 bridgehead atoms. The van der Waals surface area contributed by atoms with E-state index in [-0.39, 0.29) is 5.97 Å². The van der Waals surface area contributed by atoms with Crippen LogP contribution in [-0.4, -0.2) is 12.6 Å². The third-order valence-corrected chi connectivity index (χ3v) is 3.32. The molecule has 0 aliphatic carbocycles. The summed E-state index contributed by atoms with van der Waals surface area (Å²) in [6.07, 6.45) is 12.6. The minimum atomic E-state index is -0.0656. The lowest BCUT2D eigenvalue weighted by molar-refractivity contribution is -0.143. The topological polar surface area (TPSA) is 26.3 Å². The zero-order valence-electron chi connectivity index (χ0n) is 14.5. The van der Waals surface area contributed by atoms with Gasteiger partial charge in [-0.1, -0.05) is 50.9 Å². The van der Waals surface area contributed by atoms with Crippen LogP contribution in [-0.2, 0) is 9.53 Å². The van der Waals surface area contributed by atoms with E-state index in [0.717, 1.165) is 32.1 Å². The van der Waals surface area contributed by atoms with E-state index in [2.05, 4.69) is 30.6 Å². The van der Waals surface area contributed by atoms with Crippen molar-refractivity contribution in [1.29, 1.82) is 0 Å². The van der Waals surface area contributed by atoms with Gasteiger partial charge in [0.1, 0.15) is 0 Å². The maximum Gasteiger partial charge on any atom is 0.305 e. The Kier molecular flexibility index (Phi) is 16.5. The summed E-state index contributed by atoms with van der Waals surface area (Å²) in [5.41, 5.74) is 0. The van der Waals surface area contributed by atoms with Crippen LogP contribution in [0.1, 0.15) is 90.9 Å². The Morgan fingerprint density at radius 3 is 2.00 bits per heavy atom. The van der Waals surface area contributed by atoms with Gasteiger partial charge in [-0.15, -0.1) is 11.8 Å². The molecule has 2 nitrogen and oxygen atoms in total. The Morgan fingerprint density at radius 2 is 1.36 bits per heavy atom. The Labute approximate surface area is 137 Å². The van der Waals surface area contributed by atoms with E-state index in [9.17, 15) is 4.79 Å². The summed E-state index contributed by atoms with van der Waals surface area (Å²) in [6.45, 7) is 4.54. The standard InChI is InChI=1S/C20H32O2/c1-3-5-6-7-8-9-10-11-12-13-14-15-16-17-18-19-20(21)22-4-2/h3-7,10,13-19H2,1-2H3/i10+1. The number of hydrogen-bond donors (Lipinski definition) is 0. The van der Waals surface area contributed by atoms with Crippen LogP contribution in [0, 0.1) is 23.7 Å². The molecule has 0 heterocycles. The van der Waals surface area contributed by atoms with Gasteiger partial charge in [-0.2, -0.15) is 0 Å². The number of unbranched alkanes of at least 4 members (excludes halogenated alkanes) is 8. The summed E-state index contributed by atoms with van der Waals surface area (Å²) in [6, 6.07) is 0.